The van der Waals surface area contributed by atoms with Crippen LogP contribution in [0.4, 0.5) is 18.7 Å². The molecule has 1 heterocycles. The van der Waals surface area contributed by atoms with Crippen LogP contribution in [0.1, 0.15) is 17.4 Å². The number of urea groups is 1. The van der Waals surface area contributed by atoms with Crippen LogP contribution in [0.2, 0.25) is 0 Å². The van der Waals surface area contributed by atoms with Crippen molar-refractivity contribution in [1.29, 1.82) is 0 Å². The first kappa shape index (κ1) is 17.3. The van der Waals surface area contributed by atoms with Crippen LogP contribution < -0.4 is 5.32 Å². The van der Waals surface area contributed by atoms with Crippen LogP contribution in [0, 0.1) is 11.6 Å². The highest BCUT2D eigenvalue weighted by Crippen LogP contribution is 2.22. The Morgan fingerprint density at radius 2 is 2.17 bits per heavy atom. The van der Waals surface area contributed by atoms with Crippen molar-refractivity contribution in [3.8, 4) is 0 Å². The highest BCUT2D eigenvalue weighted by molar-refractivity contribution is 7.15. The monoisotopic (exact) mass is 341 g/mol. The van der Waals surface area contributed by atoms with Gasteiger partial charge in [-0.3, -0.25) is 5.32 Å². The third-order valence-corrected chi connectivity index (χ3v) is 3.93. The number of halogens is 2. The second-order valence-corrected chi connectivity index (χ2v) is 6.33. The molecule has 0 aliphatic carbocycles. The van der Waals surface area contributed by atoms with Crippen LogP contribution >= 0.6 is 11.3 Å². The average Bonchev–Trinajstić information content (AvgIpc) is 2.89. The van der Waals surface area contributed by atoms with Gasteiger partial charge in [-0.2, -0.15) is 0 Å². The summed E-state index contributed by atoms with van der Waals surface area (Å²) in [5.74, 6) is -1.77. The summed E-state index contributed by atoms with van der Waals surface area (Å²) in [7, 11) is 1.57. The molecule has 124 valence electrons. The molecule has 0 saturated carbocycles. The molecule has 8 heteroatoms. The molecule has 2 amide bonds. The number of nitrogens with zero attached hydrogens (tertiary/aromatic N) is 2. The van der Waals surface area contributed by atoms with Crippen LogP contribution in [-0.4, -0.2) is 40.7 Å². The minimum atomic E-state index is -0.889. The summed E-state index contributed by atoms with van der Waals surface area (Å²) in [5, 5.41) is 12.3. The van der Waals surface area contributed by atoms with Crippen molar-refractivity contribution < 1.29 is 18.7 Å². The average molecular weight is 341 g/mol. The van der Waals surface area contributed by atoms with E-state index in [9.17, 15) is 18.7 Å². The maximum atomic E-state index is 13.2. The molecule has 0 radical (unpaired) electrons. The van der Waals surface area contributed by atoms with Gasteiger partial charge in [0.2, 0.25) is 0 Å². The first-order valence-electron chi connectivity index (χ1n) is 6.94. The Morgan fingerprint density at radius 3 is 2.83 bits per heavy atom. The van der Waals surface area contributed by atoms with Crippen molar-refractivity contribution in [1.82, 2.24) is 9.88 Å². The Morgan fingerprint density at radius 1 is 1.43 bits per heavy atom. The van der Waals surface area contributed by atoms with Gasteiger partial charge < -0.3 is 10.0 Å². The quantitative estimate of drug-likeness (QED) is 0.879. The van der Waals surface area contributed by atoms with Gasteiger partial charge in [-0.1, -0.05) is 6.07 Å². The number of hydrogen-bond donors (Lipinski definition) is 2. The summed E-state index contributed by atoms with van der Waals surface area (Å²) >= 11 is 1.25. The SMILES string of the molecule is C[C@H](O)CN(C)C(=O)Nc1ncc(Cc2ccc(F)c(F)c2)s1. The number of anilines is 1. The second-order valence-electron chi connectivity index (χ2n) is 5.22. The highest BCUT2D eigenvalue weighted by Gasteiger charge is 2.13. The molecule has 0 aliphatic rings. The molecule has 1 aromatic heterocycles. The third-order valence-electron chi connectivity index (χ3n) is 3.01. The smallest absolute Gasteiger partial charge is 0.323 e. The summed E-state index contributed by atoms with van der Waals surface area (Å²) in [5.41, 5.74) is 0.622. The lowest BCUT2D eigenvalue weighted by molar-refractivity contribution is 0.149. The maximum absolute atomic E-state index is 13.2. The van der Waals surface area contributed by atoms with Gasteiger partial charge in [0.25, 0.3) is 0 Å². The van der Waals surface area contributed by atoms with E-state index in [0.29, 0.717) is 17.1 Å². The Kier molecular flexibility index (Phi) is 5.62. The molecular weight excluding hydrogens is 324 g/mol. The van der Waals surface area contributed by atoms with E-state index in [2.05, 4.69) is 10.3 Å². The van der Waals surface area contributed by atoms with Gasteiger partial charge >= 0.3 is 6.03 Å². The number of carbonyl (C=O) groups is 1. The largest absolute Gasteiger partial charge is 0.392 e. The normalized spacial score (nSPS) is 12.0. The summed E-state index contributed by atoms with van der Waals surface area (Å²) in [6, 6.07) is 3.36. The van der Waals surface area contributed by atoms with E-state index >= 15 is 0 Å². The fourth-order valence-corrected chi connectivity index (χ4v) is 2.80. The van der Waals surface area contributed by atoms with E-state index in [0.717, 1.165) is 17.0 Å². The molecule has 0 saturated heterocycles. The summed E-state index contributed by atoms with van der Waals surface area (Å²) in [6.07, 6.45) is 1.36. The number of rotatable bonds is 5. The Labute approximate surface area is 136 Å². The number of carbonyl (C=O) groups excluding carboxylic acids is 1. The standard InChI is InChI=1S/C15H17F2N3O2S/c1-9(21)8-20(2)15(22)19-14-18-7-11(23-14)5-10-3-4-12(16)13(17)6-10/h3-4,6-7,9,21H,5,8H2,1-2H3,(H,18,19,22)/t9-/m0/s1. The molecule has 2 rings (SSSR count). The molecule has 0 bridgehead atoms. The van der Waals surface area contributed by atoms with E-state index in [1.54, 1.807) is 20.2 Å². The molecule has 1 aromatic carbocycles. The van der Waals surface area contributed by atoms with Crippen LogP contribution in [-0.2, 0) is 6.42 Å². The predicted octanol–water partition coefficient (Wildman–Crippen LogP) is 2.86. The first-order valence-corrected chi connectivity index (χ1v) is 7.75. The summed E-state index contributed by atoms with van der Waals surface area (Å²) < 4.78 is 26.1. The molecule has 0 spiro atoms. The van der Waals surface area contributed by atoms with Crippen molar-refractivity contribution >= 4 is 22.5 Å². The van der Waals surface area contributed by atoms with Crippen LogP contribution in [0.5, 0.6) is 0 Å². The van der Waals surface area contributed by atoms with Gasteiger partial charge in [0.15, 0.2) is 16.8 Å². The zero-order chi connectivity index (χ0) is 17.0. The van der Waals surface area contributed by atoms with Crippen molar-refractivity contribution in [3.05, 3.63) is 46.5 Å². The Bertz CT molecular complexity index is 691. The van der Waals surface area contributed by atoms with Crippen LogP contribution in [0.3, 0.4) is 0 Å². The van der Waals surface area contributed by atoms with Crippen molar-refractivity contribution in [2.45, 2.75) is 19.4 Å². The van der Waals surface area contributed by atoms with Crippen LogP contribution in [0.25, 0.3) is 0 Å². The van der Waals surface area contributed by atoms with E-state index in [1.165, 1.54) is 22.3 Å². The number of hydrogen-bond acceptors (Lipinski definition) is 4. The topological polar surface area (TPSA) is 65.5 Å². The zero-order valence-electron chi connectivity index (χ0n) is 12.7. The molecule has 0 aliphatic heterocycles. The summed E-state index contributed by atoms with van der Waals surface area (Å²) in [6.45, 7) is 1.80. The molecule has 0 unspecified atom stereocenters. The van der Waals surface area contributed by atoms with Gasteiger partial charge in [0.1, 0.15) is 0 Å². The van der Waals surface area contributed by atoms with Crippen molar-refractivity contribution in [3.63, 3.8) is 0 Å². The Hall–Kier alpha value is -2.06. The summed E-state index contributed by atoms with van der Waals surface area (Å²) in [4.78, 5) is 18.1. The van der Waals surface area contributed by atoms with E-state index in [1.807, 2.05) is 0 Å². The number of aliphatic hydroxyl groups excluding tert-OH is 1. The Balaban J connectivity index is 1.97. The van der Waals surface area contributed by atoms with Crippen molar-refractivity contribution in [2.24, 2.45) is 0 Å². The predicted molar refractivity (Wildman–Crippen MR) is 84.6 cm³/mol. The number of likely N-dealkylation sites (N-methyl/N-ethyl adjacent to an activating group) is 1. The number of amides is 2. The molecule has 1 atom stereocenters. The minimum Gasteiger partial charge on any atom is -0.392 e. The maximum Gasteiger partial charge on any atom is 0.323 e. The zero-order valence-corrected chi connectivity index (χ0v) is 13.5. The van der Waals surface area contributed by atoms with Crippen LogP contribution in [0.15, 0.2) is 24.4 Å². The van der Waals surface area contributed by atoms with Crippen molar-refractivity contribution in [2.75, 3.05) is 18.9 Å². The van der Waals surface area contributed by atoms with Gasteiger partial charge in [0, 0.05) is 31.1 Å². The van der Waals surface area contributed by atoms with E-state index < -0.39 is 17.7 Å². The van der Waals surface area contributed by atoms with Gasteiger partial charge in [-0.15, -0.1) is 11.3 Å². The van der Waals surface area contributed by atoms with E-state index in [-0.39, 0.29) is 12.6 Å². The third kappa shape index (κ3) is 4.97. The molecule has 2 aromatic rings. The molecule has 2 N–H and O–H groups in total. The highest BCUT2D eigenvalue weighted by atomic mass is 32.1. The lowest BCUT2D eigenvalue weighted by Crippen LogP contribution is -2.36. The first-order chi connectivity index (χ1) is 10.8. The molecular formula is C15H17F2N3O2S. The number of aliphatic hydroxyl groups is 1. The second kappa shape index (κ2) is 7.47. The van der Waals surface area contributed by atoms with E-state index in [4.69, 9.17) is 0 Å². The van der Waals surface area contributed by atoms with Gasteiger partial charge in [-0.25, -0.2) is 18.6 Å². The lowest BCUT2D eigenvalue weighted by Gasteiger charge is -2.18. The molecule has 23 heavy (non-hydrogen) atoms. The minimum absolute atomic E-state index is 0.207. The van der Waals surface area contributed by atoms with Gasteiger partial charge in [0.05, 0.1) is 6.10 Å². The van der Waals surface area contributed by atoms with Gasteiger partial charge in [-0.05, 0) is 24.6 Å². The lowest BCUT2D eigenvalue weighted by atomic mass is 10.1. The fraction of sp³-hybridized carbons (Fsp3) is 0.333. The number of nitrogens with one attached hydrogen (secondary N) is 1. The molecule has 0 fully saturated rings. The number of thiazole rings is 1. The number of benzene rings is 1. The number of aromatic nitrogens is 1. The molecule has 5 nitrogen and oxygen atoms in total. The fourth-order valence-electron chi connectivity index (χ4n) is 1.96.